The zero-order valence-electron chi connectivity index (χ0n) is 7.79. The molecule has 0 aromatic carbocycles. The topological polar surface area (TPSA) is 0 Å². The van der Waals surface area contributed by atoms with Crippen molar-refractivity contribution in [1.29, 1.82) is 0 Å². The second-order valence-electron chi connectivity index (χ2n) is 3.15. The van der Waals surface area contributed by atoms with Gasteiger partial charge in [-0.05, 0) is 41.1 Å². The van der Waals surface area contributed by atoms with Gasteiger partial charge in [-0.1, -0.05) is 26.0 Å². The summed E-state index contributed by atoms with van der Waals surface area (Å²) in [6.07, 6.45) is 6.88. The molecule has 0 saturated carbocycles. The Labute approximate surface area is 78.9 Å². The van der Waals surface area contributed by atoms with Crippen LogP contribution in [-0.2, 0) is 6.42 Å². The van der Waals surface area contributed by atoms with Gasteiger partial charge in [-0.3, -0.25) is 0 Å². The van der Waals surface area contributed by atoms with Crippen LogP contribution in [0.1, 0.15) is 25.8 Å². The smallest absolute Gasteiger partial charge is 0.00610 e. The van der Waals surface area contributed by atoms with Crippen molar-refractivity contribution in [2.24, 2.45) is 5.92 Å². The molecule has 0 spiro atoms. The Hall–Kier alpha value is -0.560. The van der Waals surface area contributed by atoms with Crippen LogP contribution in [0.5, 0.6) is 0 Å². The van der Waals surface area contributed by atoms with Crippen LogP contribution in [0.4, 0.5) is 0 Å². The van der Waals surface area contributed by atoms with E-state index in [1.807, 2.05) is 0 Å². The first kappa shape index (κ1) is 9.53. The summed E-state index contributed by atoms with van der Waals surface area (Å²) in [5.74, 6) is 0.680. The third-order valence-electron chi connectivity index (χ3n) is 1.84. The van der Waals surface area contributed by atoms with E-state index in [9.17, 15) is 0 Å². The predicted molar refractivity (Wildman–Crippen MR) is 56.6 cm³/mol. The van der Waals surface area contributed by atoms with Crippen molar-refractivity contribution in [3.05, 3.63) is 34.5 Å². The number of hydrogen-bond acceptors (Lipinski definition) is 1. The van der Waals surface area contributed by atoms with E-state index >= 15 is 0 Å². The van der Waals surface area contributed by atoms with Crippen LogP contribution in [0, 0.1) is 5.92 Å². The van der Waals surface area contributed by atoms with Crippen LogP contribution in [0.15, 0.2) is 29.0 Å². The molecule has 1 rings (SSSR count). The second kappa shape index (κ2) is 5.15. The molecule has 0 nitrogen and oxygen atoms in total. The van der Waals surface area contributed by atoms with Gasteiger partial charge in [-0.25, -0.2) is 0 Å². The van der Waals surface area contributed by atoms with Gasteiger partial charge in [0.15, 0.2) is 0 Å². The highest BCUT2D eigenvalue weighted by atomic mass is 32.1. The average molecular weight is 180 g/mol. The van der Waals surface area contributed by atoms with Gasteiger partial charge in [0, 0.05) is 0 Å². The van der Waals surface area contributed by atoms with Gasteiger partial charge in [-0.2, -0.15) is 11.3 Å². The maximum Gasteiger partial charge on any atom is -0.00610 e. The fourth-order valence-corrected chi connectivity index (χ4v) is 1.90. The van der Waals surface area contributed by atoms with E-state index in [0.717, 1.165) is 6.42 Å². The zero-order chi connectivity index (χ0) is 8.81. The fourth-order valence-electron chi connectivity index (χ4n) is 1.22. The standard InChI is InChI=1S/C11H16S/c1-3-4-5-10(2)8-11-6-7-12-9-11/h4-7,9-10H,3,8H2,1-2H3/b5-4-. The predicted octanol–water partition coefficient (Wildman–Crippen LogP) is 3.89. The van der Waals surface area contributed by atoms with Crippen LogP contribution < -0.4 is 0 Å². The molecule has 0 N–H and O–H groups in total. The van der Waals surface area contributed by atoms with E-state index < -0.39 is 0 Å². The average Bonchev–Trinajstić information content (AvgIpc) is 2.53. The van der Waals surface area contributed by atoms with E-state index in [4.69, 9.17) is 0 Å². The highest BCUT2D eigenvalue weighted by Crippen LogP contribution is 2.12. The minimum Gasteiger partial charge on any atom is -0.152 e. The Bertz CT molecular complexity index is 221. The minimum absolute atomic E-state index is 0.680. The first-order valence-corrected chi connectivity index (χ1v) is 5.45. The molecule has 0 amide bonds. The van der Waals surface area contributed by atoms with Crippen molar-refractivity contribution in [3.8, 4) is 0 Å². The lowest BCUT2D eigenvalue weighted by Crippen LogP contribution is -1.93. The Morgan fingerprint density at radius 2 is 2.42 bits per heavy atom. The number of rotatable bonds is 4. The van der Waals surface area contributed by atoms with Gasteiger partial charge in [0.25, 0.3) is 0 Å². The Morgan fingerprint density at radius 1 is 1.58 bits per heavy atom. The normalized spacial score (nSPS) is 13.8. The molecule has 0 fully saturated rings. The van der Waals surface area contributed by atoms with Crippen molar-refractivity contribution in [2.75, 3.05) is 0 Å². The van der Waals surface area contributed by atoms with Crippen molar-refractivity contribution in [2.45, 2.75) is 26.7 Å². The lowest BCUT2D eigenvalue weighted by molar-refractivity contribution is 0.722. The molecule has 0 aliphatic rings. The molecule has 0 aliphatic carbocycles. The monoisotopic (exact) mass is 180 g/mol. The van der Waals surface area contributed by atoms with Crippen LogP contribution in [0.3, 0.4) is 0 Å². The second-order valence-corrected chi connectivity index (χ2v) is 3.93. The van der Waals surface area contributed by atoms with E-state index in [1.165, 1.54) is 12.0 Å². The SMILES string of the molecule is CC/C=C\C(C)Cc1ccsc1. The van der Waals surface area contributed by atoms with Crippen molar-refractivity contribution in [1.82, 2.24) is 0 Å². The van der Waals surface area contributed by atoms with Crippen LogP contribution in [0.2, 0.25) is 0 Å². The summed E-state index contributed by atoms with van der Waals surface area (Å²) < 4.78 is 0. The van der Waals surface area contributed by atoms with Crippen molar-refractivity contribution in [3.63, 3.8) is 0 Å². The van der Waals surface area contributed by atoms with Gasteiger partial charge in [0.05, 0.1) is 0 Å². The first-order valence-electron chi connectivity index (χ1n) is 4.50. The van der Waals surface area contributed by atoms with Gasteiger partial charge in [-0.15, -0.1) is 0 Å². The molecule has 0 aliphatic heterocycles. The largest absolute Gasteiger partial charge is 0.152 e. The fraction of sp³-hybridized carbons (Fsp3) is 0.455. The minimum atomic E-state index is 0.680. The van der Waals surface area contributed by atoms with E-state index in [1.54, 1.807) is 11.3 Å². The van der Waals surface area contributed by atoms with Gasteiger partial charge >= 0.3 is 0 Å². The maximum atomic E-state index is 2.30. The summed E-state index contributed by atoms with van der Waals surface area (Å²) >= 11 is 1.78. The summed E-state index contributed by atoms with van der Waals surface area (Å²) in [4.78, 5) is 0. The number of hydrogen-bond donors (Lipinski definition) is 0. The molecule has 1 aromatic heterocycles. The molecule has 1 atom stereocenters. The Kier molecular flexibility index (Phi) is 4.09. The lowest BCUT2D eigenvalue weighted by Gasteiger charge is -2.02. The van der Waals surface area contributed by atoms with Gasteiger partial charge < -0.3 is 0 Å². The third-order valence-corrected chi connectivity index (χ3v) is 2.57. The summed E-state index contributed by atoms with van der Waals surface area (Å²) in [6.45, 7) is 4.44. The molecule has 0 saturated heterocycles. The zero-order valence-corrected chi connectivity index (χ0v) is 8.60. The van der Waals surface area contributed by atoms with Crippen LogP contribution in [-0.4, -0.2) is 0 Å². The molecule has 1 unspecified atom stereocenters. The van der Waals surface area contributed by atoms with E-state index in [0.29, 0.717) is 5.92 Å². The van der Waals surface area contributed by atoms with Crippen LogP contribution in [0.25, 0.3) is 0 Å². The number of allylic oxidation sites excluding steroid dienone is 2. The Balaban J connectivity index is 2.36. The molecule has 12 heavy (non-hydrogen) atoms. The summed E-state index contributed by atoms with van der Waals surface area (Å²) in [5.41, 5.74) is 1.47. The quantitative estimate of drug-likeness (QED) is 0.617. The molecular formula is C11H16S. The molecule has 0 radical (unpaired) electrons. The van der Waals surface area contributed by atoms with Gasteiger partial charge in [0.1, 0.15) is 0 Å². The molecule has 1 heterocycles. The summed E-state index contributed by atoms with van der Waals surface area (Å²) in [5, 5.41) is 4.38. The van der Waals surface area contributed by atoms with Crippen LogP contribution >= 0.6 is 11.3 Å². The molecule has 66 valence electrons. The summed E-state index contributed by atoms with van der Waals surface area (Å²) in [6, 6.07) is 2.21. The third kappa shape index (κ3) is 3.22. The molecule has 1 aromatic rings. The number of thiophene rings is 1. The van der Waals surface area contributed by atoms with Gasteiger partial charge in [0.2, 0.25) is 0 Å². The highest BCUT2D eigenvalue weighted by Gasteiger charge is 1.98. The first-order chi connectivity index (χ1) is 5.83. The molecule has 1 heteroatoms. The summed E-state index contributed by atoms with van der Waals surface area (Å²) in [7, 11) is 0. The van der Waals surface area contributed by atoms with E-state index in [-0.39, 0.29) is 0 Å². The maximum absolute atomic E-state index is 2.30. The lowest BCUT2D eigenvalue weighted by atomic mass is 10.0. The molecule has 0 bridgehead atoms. The van der Waals surface area contributed by atoms with Crippen molar-refractivity contribution >= 4 is 11.3 Å². The Morgan fingerprint density at radius 3 is 3.00 bits per heavy atom. The highest BCUT2D eigenvalue weighted by molar-refractivity contribution is 7.07. The molecular weight excluding hydrogens is 164 g/mol. The van der Waals surface area contributed by atoms with Crippen molar-refractivity contribution < 1.29 is 0 Å². The van der Waals surface area contributed by atoms with E-state index in [2.05, 4.69) is 42.8 Å².